The molecule has 5 nitrogen and oxygen atoms in total. The number of rotatable bonds is 4. The van der Waals surface area contributed by atoms with E-state index in [1.54, 1.807) is 6.92 Å². The van der Waals surface area contributed by atoms with Crippen LogP contribution in [0.2, 0.25) is 0 Å². The molecule has 1 aromatic rings. The van der Waals surface area contributed by atoms with Gasteiger partial charge in [-0.2, -0.15) is 0 Å². The first-order chi connectivity index (χ1) is 12.4. The number of ketones is 1. The fourth-order valence-electron chi connectivity index (χ4n) is 6.33. The number of Topliss-reactive ketones (excluding diaryl/α,β-unsaturated/α-hetero) is 1. The molecule has 6 rings (SSSR count). The molecule has 1 N–H and O–H groups in total. The predicted molar refractivity (Wildman–Crippen MR) is 97.5 cm³/mol. The van der Waals surface area contributed by atoms with Crippen molar-refractivity contribution >= 4 is 29.1 Å². The molecule has 4 bridgehead atoms. The van der Waals surface area contributed by atoms with Crippen LogP contribution in [-0.2, 0) is 15.1 Å². The Morgan fingerprint density at radius 1 is 1.19 bits per heavy atom. The average molecular weight is 372 g/mol. The zero-order chi connectivity index (χ0) is 18.1. The zero-order valence-corrected chi connectivity index (χ0v) is 15.8. The largest absolute Gasteiger partial charge is 0.325 e. The van der Waals surface area contributed by atoms with Gasteiger partial charge in [-0.1, -0.05) is 6.07 Å². The molecule has 1 aromatic heterocycles. The van der Waals surface area contributed by atoms with Crippen LogP contribution in [0.1, 0.15) is 50.3 Å². The Bertz CT molecular complexity index is 752. The van der Waals surface area contributed by atoms with Crippen LogP contribution < -0.4 is 5.32 Å². The number of thiophene rings is 1. The second-order valence-electron chi connectivity index (χ2n) is 9.04. The summed E-state index contributed by atoms with van der Waals surface area (Å²) in [5.41, 5.74) is -1.33. The highest BCUT2D eigenvalue weighted by Crippen LogP contribution is 2.60. The van der Waals surface area contributed by atoms with Gasteiger partial charge in [0.25, 0.3) is 5.91 Å². The van der Waals surface area contributed by atoms with Gasteiger partial charge in [0.05, 0.1) is 6.54 Å². The van der Waals surface area contributed by atoms with Crippen molar-refractivity contribution in [3.8, 4) is 0 Å². The highest BCUT2D eigenvalue weighted by Gasteiger charge is 2.56. The van der Waals surface area contributed by atoms with Crippen LogP contribution in [0.4, 0.5) is 4.79 Å². The van der Waals surface area contributed by atoms with Crippen molar-refractivity contribution in [2.24, 2.45) is 23.2 Å². The molecule has 2 heterocycles. The third-order valence-corrected chi connectivity index (χ3v) is 8.31. The summed E-state index contributed by atoms with van der Waals surface area (Å²) in [6, 6.07) is 3.28. The standard InChI is InChI=1S/C20H24N2O3S/c1-19(16-3-2-4-26-16)17(24)22(18(25)21-19)11-15(23)20-8-12-5-13(9-20)7-14(6-12)10-20/h2-4,12-14H,5-11H2,1H3,(H,21,25). The van der Waals surface area contributed by atoms with Crippen LogP contribution in [0.15, 0.2) is 17.5 Å². The number of hydrogen-bond donors (Lipinski definition) is 1. The van der Waals surface area contributed by atoms with E-state index in [0.717, 1.165) is 29.0 Å². The van der Waals surface area contributed by atoms with Crippen LogP contribution in [0.3, 0.4) is 0 Å². The van der Waals surface area contributed by atoms with Gasteiger partial charge in [-0.15, -0.1) is 11.3 Å². The molecule has 5 fully saturated rings. The molecule has 0 radical (unpaired) electrons. The molecule has 1 saturated heterocycles. The number of carbonyl (C=O) groups is 3. The minimum atomic E-state index is -1.05. The summed E-state index contributed by atoms with van der Waals surface area (Å²) in [6.07, 6.45) is 6.70. The van der Waals surface area contributed by atoms with Crippen molar-refractivity contribution in [3.05, 3.63) is 22.4 Å². The first kappa shape index (κ1) is 16.5. The summed E-state index contributed by atoms with van der Waals surface area (Å²) in [7, 11) is 0. The number of amides is 3. The van der Waals surface area contributed by atoms with Gasteiger partial charge in [-0.05, 0) is 74.6 Å². The van der Waals surface area contributed by atoms with E-state index in [1.807, 2.05) is 17.5 Å². The molecule has 0 aromatic carbocycles. The van der Waals surface area contributed by atoms with E-state index < -0.39 is 11.6 Å². The summed E-state index contributed by atoms with van der Waals surface area (Å²) in [4.78, 5) is 40.7. The van der Waals surface area contributed by atoms with E-state index in [1.165, 1.54) is 30.6 Å². The molecule has 1 unspecified atom stereocenters. The van der Waals surface area contributed by atoms with Crippen molar-refractivity contribution in [1.82, 2.24) is 10.2 Å². The topological polar surface area (TPSA) is 66.5 Å². The lowest BCUT2D eigenvalue weighted by Crippen LogP contribution is -2.53. The van der Waals surface area contributed by atoms with Crippen molar-refractivity contribution in [1.29, 1.82) is 0 Å². The normalized spacial score (nSPS) is 41.0. The minimum Gasteiger partial charge on any atom is -0.319 e. The number of nitrogens with zero attached hydrogens (tertiary/aromatic N) is 1. The molecular formula is C20H24N2O3S. The van der Waals surface area contributed by atoms with Gasteiger partial charge < -0.3 is 5.32 Å². The summed E-state index contributed by atoms with van der Waals surface area (Å²) >= 11 is 1.45. The average Bonchev–Trinajstić information content (AvgIpc) is 3.18. The number of urea groups is 1. The highest BCUT2D eigenvalue weighted by molar-refractivity contribution is 7.10. The molecular weight excluding hydrogens is 348 g/mol. The molecule has 0 spiro atoms. The lowest BCUT2D eigenvalue weighted by Gasteiger charge is -2.56. The van der Waals surface area contributed by atoms with Crippen molar-refractivity contribution in [2.45, 2.75) is 51.0 Å². The van der Waals surface area contributed by atoms with E-state index in [2.05, 4.69) is 5.32 Å². The van der Waals surface area contributed by atoms with Gasteiger partial charge in [0.15, 0.2) is 11.3 Å². The van der Waals surface area contributed by atoms with Crippen molar-refractivity contribution < 1.29 is 14.4 Å². The van der Waals surface area contributed by atoms with E-state index >= 15 is 0 Å². The fraction of sp³-hybridized carbons (Fsp3) is 0.650. The molecule has 3 amide bonds. The Labute approximate surface area is 157 Å². The fourth-order valence-corrected chi connectivity index (χ4v) is 7.17. The smallest absolute Gasteiger partial charge is 0.319 e. The molecule has 6 heteroatoms. The minimum absolute atomic E-state index is 0.0716. The number of hydrogen-bond acceptors (Lipinski definition) is 4. The maximum Gasteiger partial charge on any atom is 0.325 e. The second kappa shape index (κ2) is 5.41. The Morgan fingerprint density at radius 3 is 2.35 bits per heavy atom. The maximum absolute atomic E-state index is 13.3. The summed E-state index contributed by atoms with van der Waals surface area (Å²) < 4.78 is 0. The van der Waals surface area contributed by atoms with E-state index in [9.17, 15) is 14.4 Å². The quantitative estimate of drug-likeness (QED) is 0.825. The molecule has 1 aliphatic heterocycles. The van der Waals surface area contributed by atoms with Crippen LogP contribution >= 0.6 is 11.3 Å². The third-order valence-electron chi connectivity index (χ3n) is 7.22. The van der Waals surface area contributed by atoms with E-state index in [0.29, 0.717) is 17.8 Å². The molecule has 26 heavy (non-hydrogen) atoms. The van der Waals surface area contributed by atoms with Crippen molar-refractivity contribution in [3.63, 3.8) is 0 Å². The Balaban J connectivity index is 1.37. The van der Waals surface area contributed by atoms with Crippen LogP contribution in [-0.4, -0.2) is 29.2 Å². The Hall–Kier alpha value is -1.69. The number of nitrogens with one attached hydrogen (secondary N) is 1. The SMILES string of the molecule is CC1(c2cccs2)NC(=O)N(CC(=O)C23CC4CC(CC(C4)C2)C3)C1=O. The molecule has 138 valence electrons. The van der Waals surface area contributed by atoms with Gasteiger partial charge >= 0.3 is 6.03 Å². The second-order valence-corrected chi connectivity index (χ2v) is 9.99. The van der Waals surface area contributed by atoms with Gasteiger partial charge in [0.1, 0.15) is 0 Å². The molecule has 4 aliphatic carbocycles. The number of carbonyl (C=O) groups excluding carboxylic acids is 3. The Kier molecular flexibility index (Phi) is 3.43. The van der Waals surface area contributed by atoms with E-state index in [-0.39, 0.29) is 23.7 Å². The van der Waals surface area contributed by atoms with Crippen LogP contribution in [0.25, 0.3) is 0 Å². The zero-order valence-electron chi connectivity index (χ0n) is 15.0. The maximum atomic E-state index is 13.3. The summed E-state index contributed by atoms with van der Waals surface area (Å²) in [5, 5.41) is 4.70. The van der Waals surface area contributed by atoms with Gasteiger partial charge in [0, 0.05) is 10.3 Å². The number of imide groups is 1. The molecule has 1 atom stereocenters. The van der Waals surface area contributed by atoms with Crippen LogP contribution in [0.5, 0.6) is 0 Å². The monoisotopic (exact) mass is 372 g/mol. The predicted octanol–water partition coefficient (Wildman–Crippen LogP) is 3.30. The highest BCUT2D eigenvalue weighted by atomic mass is 32.1. The molecule has 4 saturated carbocycles. The lowest BCUT2D eigenvalue weighted by molar-refractivity contribution is -0.147. The van der Waals surface area contributed by atoms with Crippen molar-refractivity contribution in [2.75, 3.05) is 6.54 Å². The first-order valence-electron chi connectivity index (χ1n) is 9.61. The van der Waals surface area contributed by atoms with Crippen LogP contribution in [0, 0.1) is 23.2 Å². The van der Waals surface area contributed by atoms with Gasteiger partial charge in [0.2, 0.25) is 0 Å². The lowest BCUT2D eigenvalue weighted by atomic mass is 9.48. The summed E-state index contributed by atoms with van der Waals surface area (Å²) in [5.74, 6) is 1.82. The first-order valence-corrected chi connectivity index (χ1v) is 10.5. The van der Waals surface area contributed by atoms with E-state index in [4.69, 9.17) is 0 Å². The summed E-state index contributed by atoms with van der Waals surface area (Å²) in [6.45, 7) is 1.66. The Morgan fingerprint density at radius 2 is 1.81 bits per heavy atom. The molecule has 5 aliphatic rings. The van der Waals surface area contributed by atoms with Gasteiger partial charge in [-0.25, -0.2) is 4.79 Å². The third kappa shape index (κ3) is 2.24. The van der Waals surface area contributed by atoms with Gasteiger partial charge in [-0.3, -0.25) is 14.5 Å².